The molecule has 0 aromatic heterocycles. The van der Waals surface area contributed by atoms with Gasteiger partial charge < -0.3 is 14.7 Å². The second kappa shape index (κ2) is 8.45. The molecule has 1 N–H and O–H groups in total. The van der Waals surface area contributed by atoms with Crippen LogP contribution in [0.5, 0.6) is 0 Å². The largest absolute Gasteiger partial charge is 0.481 e. The van der Waals surface area contributed by atoms with E-state index in [0.717, 1.165) is 10.0 Å². The molecule has 1 aromatic rings. The van der Waals surface area contributed by atoms with Crippen molar-refractivity contribution < 1.29 is 19.4 Å². The molecule has 1 amide bonds. The molecule has 2 atom stereocenters. The van der Waals surface area contributed by atoms with Crippen LogP contribution in [0.2, 0.25) is 0 Å². The molecule has 126 valence electrons. The van der Waals surface area contributed by atoms with E-state index in [0.29, 0.717) is 39.0 Å². The van der Waals surface area contributed by atoms with Gasteiger partial charge in [0.05, 0.1) is 5.92 Å². The summed E-state index contributed by atoms with van der Waals surface area (Å²) in [6.45, 7) is 1.36. The van der Waals surface area contributed by atoms with E-state index in [-0.39, 0.29) is 11.8 Å². The highest BCUT2D eigenvalue weighted by Crippen LogP contribution is 2.23. The van der Waals surface area contributed by atoms with Gasteiger partial charge in [0.1, 0.15) is 0 Å². The number of carbonyl (C=O) groups is 2. The lowest BCUT2D eigenvalue weighted by atomic mass is 9.95. The highest BCUT2D eigenvalue weighted by Gasteiger charge is 2.33. The zero-order chi connectivity index (χ0) is 16.8. The van der Waals surface area contributed by atoms with E-state index in [1.165, 1.54) is 0 Å². The summed E-state index contributed by atoms with van der Waals surface area (Å²) in [6.07, 6.45) is 1.81. The fraction of sp³-hybridized carbons (Fsp3) is 0.529. The summed E-state index contributed by atoms with van der Waals surface area (Å²) in [6, 6.07) is 7.92. The summed E-state index contributed by atoms with van der Waals surface area (Å²) >= 11 is 3.45. The molecule has 1 fully saturated rings. The van der Waals surface area contributed by atoms with Crippen molar-refractivity contribution in [3.05, 3.63) is 34.3 Å². The van der Waals surface area contributed by atoms with E-state index in [1.807, 2.05) is 24.3 Å². The number of methoxy groups -OCH3 is 1. The minimum atomic E-state index is -0.819. The first-order valence-electron chi connectivity index (χ1n) is 7.76. The van der Waals surface area contributed by atoms with Gasteiger partial charge in [0.25, 0.3) is 0 Å². The fourth-order valence-electron chi connectivity index (χ4n) is 2.94. The lowest BCUT2D eigenvalue weighted by Crippen LogP contribution is -2.36. The van der Waals surface area contributed by atoms with Gasteiger partial charge in [-0.25, -0.2) is 0 Å². The molecule has 6 heteroatoms. The second-order valence-corrected chi connectivity index (χ2v) is 6.84. The number of nitrogens with zero attached hydrogens (tertiary/aromatic N) is 1. The van der Waals surface area contributed by atoms with Crippen molar-refractivity contribution in [1.29, 1.82) is 0 Å². The number of hydrogen-bond acceptors (Lipinski definition) is 3. The molecule has 1 heterocycles. The molecule has 5 nitrogen and oxygen atoms in total. The number of hydrogen-bond donors (Lipinski definition) is 1. The van der Waals surface area contributed by atoms with Gasteiger partial charge in [0, 0.05) is 37.2 Å². The Morgan fingerprint density at radius 2 is 2.26 bits per heavy atom. The minimum absolute atomic E-state index is 0.0331. The van der Waals surface area contributed by atoms with Gasteiger partial charge in [-0.1, -0.05) is 28.1 Å². The van der Waals surface area contributed by atoms with Gasteiger partial charge in [-0.3, -0.25) is 9.59 Å². The van der Waals surface area contributed by atoms with E-state index in [9.17, 15) is 9.59 Å². The van der Waals surface area contributed by atoms with Crippen LogP contribution in [0.3, 0.4) is 0 Å². The molecule has 23 heavy (non-hydrogen) atoms. The van der Waals surface area contributed by atoms with Crippen LogP contribution in [-0.2, 0) is 20.7 Å². The molecule has 2 rings (SSSR count). The lowest BCUT2D eigenvalue weighted by Gasteiger charge is -2.23. The van der Waals surface area contributed by atoms with Crippen molar-refractivity contribution in [2.75, 3.05) is 26.8 Å². The molecule has 0 bridgehead atoms. The van der Waals surface area contributed by atoms with Gasteiger partial charge in [-0.05, 0) is 37.0 Å². The highest BCUT2D eigenvalue weighted by atomic mass is 79.9. The molecular weight excluding hydrogens is 362 g/mol. The van der Waals surface area contributed by atoms with Gasteiger partial charge in [-0.2, -0.15) is 0 Å². The Hall–Kier alpha value is -1.40. The van der Waals surface area contributed by atoms with Gasteiger partial charge >= 0.3 is 5.97 Å². The van der Waals surface area contributed by atoms with Crippen LogP contribution < -0.4 is 0 Å². The predicted molar refractivity (Wildman–Crippen MR) is 90.2 cm³/mol. The summed E-state index contributed by atoms with van der Waals surface area (Å²) in [7, 11) is 1.62. The third-order valence-electron chi connectivity index (χ3n) is 4.24. The Bertz CT molecular complexity index is 563. The molecule has 1 aliphatic rings. The summed E-state index contributed by atoms with van der Waals surface area (Å²) in [5.74, 6) is -1.41. The smallest absolute Gasteiger partial charge is 0.308 e. The van der Waals surface area contributed by atoms with E-state index in [2.05, 4.69) is 15.9 Å². The zero-order valence-corrected chi connectivity index (χ0v) is 14.8. The van der Waals surface area contributed by atoms with Crippen molar-refractivity contribution in [1.82, 2.24) is 4.90 Å². The highest BCUT2D eigenvalue weighted by molar-refractivity contribution is 9.10. The first kappa shape index (κ1) is 17.9. The number of aliphatic carboxylic acids is 1. The number of benzene rings is 1. The van der Waals surface area contributed by atoms with Crippen LogP contribution in [-0.4, -0.2) is 48.7 Å². The Labute approximate surface area is 144 Å². The van der Waals surface area contributed by atoms with Crippen LogP contribution in [0.4, 0.5) is 0 Å². The topological polar surface area (TPSA) is 66.8 Å². The summed E-state index contributed by atoms with van der Waals surface area (Å²) in [5, 5.41) is 9.10. The van der Waals surface area contributed by atoms with Gasteiger partial charge in [0.2, 0.25) is 5.91 Å². The maximum atomic E-state index is 12.8. The van der Waals surface area contributed by atoms with Crippen LogP contribution in [0.25, 0.3) is 0 Å². The van der Waals surface area contributed by atoms with Gasteiger partial charge in [-0.15, -0.1) is 0 Å². The maximum absolute atomic E-state index is 12.8. The van der Waals surface area contributed by atoms with Crippen molar-refractivity contribution in [3.63, 3.8) is 0 Å². The third-order valence-corrected chi connectivity index (χ3v) is 4.73. The average molecular weight is 384 g/mol. The van der Waals surface area contributed by atoms with Crippen LogP contribution in [0.15, 0.2) is 28.7 Å². The SMILES string of the molecule is COCC[C@H](Cc1cccc(Br)c1)C(=O)N1CC[C@H](C(=O)O)C1. The third kappa shape index (κ3) is 5.04. The lowest BCUT2D eigenvalue weighted by molar-refractivity contribution is -0.141. The van der Waals surface area contributed by atoms with E-state index in [4.69, 9.17) is 9.84 Å². The molecule has 1 saturated heterocycles. The Morgan fingerprint density at radius 3 is 2.87 bits per heavy atom. The number of carboxylic acid groups (broad SMARTS) is 1. The molecule has 0 unspecified atom stereocenters. The number of rotatable bonds is 7. The first-order valence-corrected chi connectivity index (χ1v) is 8.55. The monoisotopic (exact) mass is 383 g/mol. The van der Waals surface area contributed by atoms with E-state index >= 15 is 0 Å². The normalized spacial score (nSPS) is 18.9. The Morgan fingerprint density at radius 1 is 1.48 bits per heavy atom. The molecule has 1 aromatic carbocycles. The van der Waals surface area contributed by atoms with Crippen LogP contribution in [0, 0.1) is 11.8 Å². The number of halogens is 1. The summed E-state index contributed by atoms with van der Waals surface area (Å²) in [4.78, 5) is 25.5. The number of carbonyl (C=O) groups excluding carboxylic acids is 1. The van der Waals surface area contributed by atoms with Crippen LogP contribution >= 0.6 is 15.9 Å². The maximum Gasteiger partial charge on any atom is 0.308 e. The molecule has 1 aliphatic heterocycles. The quantitative estimate of drug-likeness (QED) is 0.785. The fourth-order valence-corrected chi connectivity index (χ4v) is 3.39. The number of ether oxygens (including phenoxy) is 1. The summed E-state index contributed by atoms with van der Waals surface area (Å²) in [5.41, 5.74) is 1.09. The summed E-state index contributed by atoms with van der Waals surface area (Å²) < 4.78 is 6.12. The Balaban J connectivity index is 2.05. The number of likely N-dealkylation sites (tertiary alicyclic amines) is 1. The zero-order valence-electron chi connectivity index (χ0n) is 13.2. The molecular formula is C17H22BrNO4. The van der Waals surface area contributed by atoms with E-state index in [1.54, 1.807) is 12.0 Å². The standard InChI is InChI=1S/C17H22BrNO4/c1-23-8-6-13(9-12-3-2-4-15(18)10-12)16(20)19-7-5-14(11-19)17(21)22/h2-4,10,13-14H,5-9,11H2,1H3,(H,21,22)/t13-,14+/m1/s1. The second-order valence-electron chi connectivity index (χ2n) is 5.92. The molecule has 0 saturated carbocycles. The number of carboxylic acids is 1. The Kier molecular flexibility index (Phi) is 6.59. The van der Waals surface area contributed by atoms with Crippen molar-refractivity contribution in [3.8, 4) is 0 Å². The molecule has 0 spiro atoms. The number of amides is 1. The van der Waals surface area contributed by atoms with Crippen molar-refractivity contribution in [2.45, 2.75) is 19.3 Å². The average Bonchev–Trinajstić information content (AvgIpc) is 3.01. The van der Waals surface area contributed by atoms with Crippen molar-refractivity contribution in [2.24, 2.45) is 11.8 Å². The van der Waals surface area contributed by atoms with Crippen LogP contribution in [0.1, 0.15) is 18.4 Å². The van der Waals surface area contributed by atoms with E-state index < -0.39 is 11.9 Å². The first-order chi connectivity index (χ1) is 11.0. The predicted octanol–water partition coefficient (Wildman–Crippen LogP) is 2.58. The van der Waals surface area contributed by atoms with Crippen molar-refractivity contribution >= 4 is 27.8 Å². The van der Waals surface area contributed by atoms with Gasteiger partial charge in [0.15, 0.2) is 0 Å². The molecule has 0 radical (unpaired) electrons. The minimum Gasteiger partial charge on any atom is -0.481 e. The molecule has 0 aliphatic carbocycles.